The number of hydrogen-bond acceptors (Lipinski definition) is 5. The van der Waals surface area contributed by atoms with E-state index in [1.54, 1.807) is 28.0 Å². The lowest BCUT2D eigenvalue weighted by molar-refractivity contribution is -0.120. The van der Waals surface area contributed by atoms with E-state index in [-0.39, 0.29) is 16.7 Å². The Balaban J connectivity index is 1.63. The minimum absolute atomic E-state index is 0.00928. The Morgan fingerprint density at radius 2 is 2.00 bits per heavy atom. The summed E-state index contributed by atoms with van der Waals surface area (Å²) in [6, 6.07) is 7.51. The lowest BCUT2D eigenvalue weighted by Crippen LogP contribution is -2.33. The predicted octanol–water partition coefficient (Wildman–Crippen LogP) is 4.74. The fourth-order valence-corrected chi connectivity index (χ4v) is 6.21. The van der Waals surface area contributed by atoms with Gasteiger partial charge < -0.3 is 5.32 Å². The highest BCUT2D eigenvalue weighted by Gasteiger charge is 2.28. The van der Waals surface area contributed by atoms with Crippen LogP contribution in [0.4, 0.5) is 0 Å². The van der Waals surface area contributed by atoms with Crippen molar-refractivity contribution in [3.8, 4) is 5.69 Å². The number of amides is 1. The number of aryl methyl sites for hydroxylation is 2. The highest BCUT2D eigenvalue weighted by atomic mass is 35.5. The second-order valence-electron chi connectivity index (χ2n) is 7.95. The van der Waals surface area contributed by atoms with E-state index in [0.717, 1.165) is 54.3 Å². The largest absolute Gasteiger partial charge is 0.352 e. The van der Waals surface area contributed by atoms with Gasteiger partial charge in [-0.3, -0.25) is 14.2 Å². The Bertz CT molecular complexity index is 1180. The number of thiophene rings is 1. The maximum atomic E-state index is 13.7. The average Bonchev–Trinajstić information content (AvgIpc) is 3.46. The SMILES string of the molecule is C[C@H](Sc1nc2sc3c(c2c(=O)n1-c1ccc(Cl)cc1)CCCC3)C(=O)NC1CC1. The minimum Gasteiger partial charge on any atom is -0.352 e. The van der Waals surface area contributed by atoms with Crippen molar-refractivity contribution in [1.29, 1.82) is 0 Å². The number of aromatic nitrogens is 2. The number of halogens is 1. The topological polar surface area (TPSA) is 64.0 Å². The molecule has 1 amide bonds. The Morgan fingerprint density at radius 1 is 1.27 bits per heavy atom. The molecular formula is C22H22ClN3O2S2. The van der Waals surface area contributed by atoms with Crippen LogP contribution in [0.1, 0.15) is 43.0 Å². The van der Waals surface area contributed by atoms with Crippen molar-refractivity contribution in [3.63, 3.8) is 0 Å². The van der Waals surface area contributed by atoms with E-state index < -0.39 is 0 Å². The Labute approximate surface area is 187 Å². The predicted molar refractivity (Wildman–Crippen MR) is 123 cm³/mol. The first-order valence-electron chi connectivity index (χ1n) is 10.3. The average molecular weight is 460 g/mol. The van der Waals surface area contributed by atoms with Crippen LogP contribution in [0.2, 0.25) is 5.02 Å². The summed E-state index contributed by atoms with van der Waals surface area (Å²) in [5, 5.41) is 4.60. The molecule has 1 N–H and O–H groups in total. The molecule has 0 unspecified atom stereocenters. The molecule has 2 heterocycles. The summed E-state index contributed by atoms with van der Waals surface area (Å²) >= 11 is 9.04. The van der Waals surface area contributed by atoms with Crippen LogP contribution in [0.15, 0.2) is 34.2 Å². The third-order valence-corrected chi connectivity index (χ3v) is 8.11. The minimum atomic E-state index is -0.344. The molecule has 0 aliphatic heterocycles. The molecule has 5 rings (SSSR count). The molecule has 2 aromatic heterocycles. The van der Waals surface area contributed by atoms with Gasteiger partial charge in [-0.05, 0) is 75.3 Å². The molecule has 5 nitrogen and oxygen atoms in total. The molecule has 30 heavy (non-hydrogen) atoms. The molecule has 0 saturated heterocycles. The van der Waals surface area contributed by atoms with Crippen LogP contribution in [0.5, 0.6) is 0 Å². The van der Waals surface area contributed by atoms with Gasteiger partial charge in [-0.15, -0.1) is 11.3 Å². The van der Waals surface area contributed by atoms with E-state index in [2.05, 4.69) is 5.32 Å². The van der Waals surface area contributed by atoms with Crippen molar-refractivity contribution < 1.29 is 4.79 Å². The zero-order valence-corrected chi connectivity index (χ0v) is 19.0. The Hall–Kier alpha value is -1.83. The van der Waals surface area contributed by atoms with Gasteiger partial charge >= 0.3 is 0 Å². The highest BCUT2D eigenvalue weighted by molar-refractivity contribution is 8.00. The fraction of sp³-hybridized carbons (Fsp3) is 0.409. The lowest BCUT2D eigenvalue weighted by Gasteiger charge is -2.16. The molecule has 1 aromatic carbocycles. The summed E-state index contributed by atoms with van der Waals surface area (Å²) in [6.07, 6.45) is 6.30. The van der Waals surface area contributed by atoms with Crippen molar-refractivity contribution in [2.75, 3.05) is 0 Å². The number of nitrogens with zero attached hydrogens (tertiary/aromatic N) is 2. The van der Waals surface area contributed by atoms with E-state index in [0.29, 0.717) is 21.9 Å². The first-order chi connectivity index (χ1) is 14.5. The molecule has 3 aromatic rings. The first kappa shape index (κ1) is 20.1. The smallest absolute Gasteiger partial charge is 0.267 e. The second-order valence-corrected chi connectivity index (χ2v) is 10.8. The zero-order chi connectivity index (χ0) is 20.8. The number of rotatable bonds is 5. The summed E-state index contributed by atoms with van der Waals surface area (Å²) in [4.78, 5) is 33.2. The van der Waals surface area contributed by atoms with Crippen molar-refractivity contribution >= 4 is 50.8 Å². The highest BCUT2D eigenvalue weighted by Crippen LogP contribution is 2.36. The fourth-order valence-electron chi connectivity index (χ4n) is 3.84. The standard InChI is InChI=1S/C22H22ClN3O2S2/c1-12(19(27)24-14-8-9-14)29-22-25-20-18(16-4-2-3-5-17(16)30-20)21(28)26(22)15-10-6-13(23)7-11-15/h6-7,10-12,14H,2-5,8-9H2,1H3,(H,24,27)/t12-/m0/s1. The van der Waals surface area contributed by atoms with Crippen LogP contribution in [0, 0.1) is 0 Å². The van der Waals surface area contributed by atoms with Crippen molar-refractivity contribution in [3.05, 3.63) is 50.1 Å². The summed E-state index contributed by atoms with van der Waals surface area (Å²) in [5.41, 5.74) is 1.82. The summed E-state index contributed by atoms with van der Waals surface area (Å²) < 4.78 is 1.64. The Morgan fingerprint density at radius 3 is 2.73 bits per heavy atom. The maximum Gasteiger partial charge on any atom is 0.267 e. The molecule has 0 spiro atoms. The zero-order valence-electron chi connectivity index (χ0n) is 16.6. The number of benzene rings is 1. The second kappa shape index (κ2) is 8.02. The molecule has 0 bridgehead atoms. The number of hydrogen-bond donors (Lipinski definition) is 1. The normalized spacial score (nSPS) is 17.0. The monoisotopic (exact) mass is 459 g/mol. The van der Waals surface area contributed by atoms with Crippen LogP contribution >= 0.6 is 34.7 Å². The van der Waals surface area contributed by atoms with Gasteiger partial charge in [0.05, 0.1) is 16.3 Å². The quantitative estimate of drug-likeness (QED) is 0.442. The molecule has 1 atom stereocenters. The van der Waals surface area contributed by atoms with E-state index in [9.17, 15) is 9.59 Å². The molecule has 0 radical (unpaired) electrons. The van der Waals surface area contributed by atoms with Gasteiger partial charge in [0.2, 0.25) is 5.91 Å². The van der Waals surface area contributed by atoms with Gasteiger partial charge in [-0.2, -0.15) is 0 Å². The van der Waals surface area contributed by atoms with Crippen molar-refractivity contribution in [1.82, 2.24) is 14.9 Å². The lowest BCUT2D eigenvalue weighted by atomic mass is 9.97. The first-order valence-corrected chi connectivity index (χ1v) is 12.4. The van der Waals surface area contributed by atoms with E-state index in [1.807, 2.05) is 19.1 Å². The molecule has 1 saturated carbocycles. The number of carbonyl (C=O) groups is 1. The number of thioether (sulfide) groups is 1. The molecule has 156 valence electrons. The molecule has 8 heteroatoms. The van der Waals surface area contributed by atoms with Crippen LogP contribution in [0.25, 0.3) is 15.9 Å². The van der Waals surface area contributed by atoms with Crippen LogP contribution in [-0.4, -0.2) is 26.8 Å². The van der Waals surface area contributed by atoms with Gasteiger partial charge in [0, 0.05) is 15.9 Å². The summed E-state index contributed by atoms with van der Waals surface area (Å²) in [5.74, 6) is -0.00928. The van der Waals surface area contributed by atoms with E-state index in [4.69, 9.17) is 16.6 Å². The molecule has 2 aliphatic carbocycles. The number of carbonyl (C=O) groups excluding carboxylic acids is 1. The summed E-state index contributed by atoms with van der Waals surface area (Å²) in [6.45, 7) is 1.87. The molecule has 1 fully saturated rings. The maximum absolute atomic E-state index is 13.7. The number of fused-ring (bicyclic) bond motifs is 3. The Kier molecular flexibility index (Phi) is 5.37. The third-order valence-electron chi connectivity index (χ3n) is 5.62. The summed E-state index contributed by atoms with van der Waals surface area (Å²) in [7, 11) is 0. The number of nitrogens with one attached hydrogen (secondary N) is 1. The van der Waals surface area contributed by atoms with Crippen LogP contribution in [-0.2, 0) is 17.6 Å². The van der Waals surface area contributed by atoms with Crippen LogP contribution in [0.3, 0.4) is 0 Å². The third kappa shape index (κ3) is 3.79. The van der Waals surface area contributed by atoms with Gasteiger partial charge in [0.15, 0.2) is 5.16 Å². The van der Waals surface area contributed by atoms with E-state index in [1.165, 1.54) is 16.6 Å². The van der Waals surface area contributed by atoms with Crippen molar-refractivity contribution in [2.24, 2.45) is 0 Å². The van der Waals surface area contributed by atoms with Gasteiger partial charge in [0.25, 0.3) is 5.56 Å². The van der Waals surface area contributed by atoms with E-state index >= 15 is 0 Å². The molecular weight excluding hydrogens is 438 g/mol. The van der Waals surface area contributed by atoms with Crippen molar-refractivity contribution in [2.45, 2.75) is 61.9 Å². The molecule has 2 aliphatic rings. The van der Waals surface area contributed by atoms with Gasteiger partial charge in [0.1, 0.15) is 4.83 Å². The van der Waals surface area contributed by atoms with Crippen LogP contribution < -0.4 is 10.9 Å². The van der Waals surface area contributed by atoms with Gasteiger partial charge in [-0.1, -0.05) is 23.4 Å². The van der Waals surface area contributed by atoms with Gasteiger partial charge in [-0.25, -0.2) is 4.98 Å².